The van der Waals surface area contributed by atoms with Crippen molar-refractivity contribution in [3.8, 4) is 0 Å². The molecule has 1 fully saturated rings. The van der Waals surface area contributed by atoms with E-state index in [1.54, 1.807) is 0 Å². The molecule has 1 aliphatic carbocycles. The van der Waals surface area contributed by atoms with Gasteiger partial charge < -0.3 is 5.32 Å². The van der Waals surface area contributed by atoms with Crippen LogP contribution in [-0.2, 0) is 0 Å². The van der Waals surface area contributed by atoms with E-state index in [1.165, 1.54) is 90.0 Å². The van der Waals surface area contributed by atoms with Gasteiger partial charge in [0, 0.05) is 6.04 Å². The number of hydrogen-bond donors (Lipinski definition) is 1. The highest BCUT2D eigenvalue weighted by molar-refractivity contribution is 4.77. The minimum Gasteiger partial charge on any atom is -0.314 e. The summed E-state index contributed by atoms with van der Waals surface area (Å²) in [6, 6.07) is 0.841. The first-order valence-corrected chi connectivity index (χ1v) is 9.06. The smallest absolute Gasteiger partial charge is 0.00696 e. The fraction of sp³-hybridized carbons (Fsp3) is 1.00. The third-order valence-corrected chi connectivity index (χ3v) is 4.66. The van der Waals surface area contributed by atoms with E-state index in [0.717, 1.165) is 12.0 Å². The van der Waals surface area contributed by atoms with Crippen molar-refractivity contribution in [2.45, 2.75) is 103 Å². The van der Waals surface area contributed by atoms with Gasteiger partial charge in [0.2, 0.25) is 0 Å². The molecule has 1 saturated carbocycles. The second-order valence-corrected chi connectivity index (χ2v) is 6.75. The van der Waals surface area contributed by atoms with Crippen molar-refractivity contribution >= 4 is 0 Å². The Hall–Kier alpha value is -0.0400. The summed E-state index contributed by atoms with van der Waals surface area (Å²) in [7, 11) is 0. The highest BCUT2D eigenvalue weighted by Gasteiger charge is 2.19. The molecule has 1 N–H and O–H groups in total. The molecule has 0 heterocycles. The molecular formula is C18H37N. The van der Waals surface area contributed by atoms with Crippen molar-refractivity contribution in [1.29, 1.82) is 0 Å². The summed E-state index contributed by atoms with van der Waals surface area (Å²) < 4.78 is 0. The summed E-state index contributed by atoms with van der Waals surface area (Å²) in [6.45, 7) is 5.94. The molecule has 0 aromatic rings. The zero-order valence-corrected chi connectivity index (χ0v) is 13.6. The number of rotatable bonds is 12. The van der Waals surface area contributed by atoms with Crippen LogP contribution in [0.4, 0.5) is 0 Å². The molecule has 0 radical (unpaired) electrons. The average molecular weight is 268 g/mol. The van der Waals surface area contributed by atoms with Crippen molar-refractivity contribution < 1.29 is 0 Å². The predicted octanol–water partition coefficient (Wildman–Crippen LogP) is 5.69. The Morgan fingerprint density at radius 1 is 0.789 bits per heavy atom. The molecule has 0 spiro atoms. The molecule has 2 unspecified atom stereocenters. The van der Waals surface area contributed by atoms with Crippen molar-refractivity contribution in [1.82, 2.24) is 5.32 Å². The van der Waals surface area contributed by atoms with Gasteiger partial charge in [0.25, 0.3) is 0 Å². The van der Waals surface area contributed by atoms with Crippen molar-refractivity contribution in [3.05, 3.63) is 0 Å². The molecule has 1 heteroatoms. The van der Waals surface area contributed by atoms with Gasteiger partial charge in [-0.05, 0) is 38.1 Å². The quantitative estimate of drug-likeness (QED) is 0.448. The molecule has 0 amide bonds. The third kappa shape index (κ3) is 9.49. The molecule has 0 bridgehead atoms. The van der Waals surface area contributed by atoms with E-state index in [1.807, 2.05) is 0 Å². The highest BCUT2D eigenvalue weighted by atomic mass is 14.9. The van der Waals surface area contributed by atoms with Crippen LogP contribution in [0.3, 0.4) is 0 Å². The van der Waals surface area contributed by atoms with Gasteiger partial charge in [-0.15, -0.1) is 0 Å². The van der Waals surface area contributed by atoms with Gasteiger partial charge in [0.1, 0.15) is 0 Å². The first-order valence-electron chi connectivity index (χ1n) is 9.06. The Morgan fingerprint density at radius 3 is 1.89 bits per heavy atom. The lowest BCUT2D eigenvalue weighted by molar-refractivity contribution is 0.481. The van der Waals surface area contributed by atoms with Gasteiger partial charge >= 0.3 is 0 Å². The molecular weight excluding hydrogens is 230 g/mol. The van der Waals surface area contributed by atoms with Crippen LogP contribution in [0.15, 0.2) is 0 Å². The van der Waals surface area contributed by atoms with Crippen LogP contribution in [0.25, 0.3) is 0 Å². The summed E-state index contributed by atoms with van der Waals surface area (Å²) in [4.78, 5) is 0. The van der Waals surface area contributed by atoms with Crippen LogP contribution in [-0.4, -0.2) is 12.6 Å². The van der Waals surface area contributed by atoms with Gasteiger partial charge in [-0.2, -0.15) is 0 Å². The van der Waals surface area contributed by atoms with Crippen LogP contribution < -0.4 is 5.32 Å². The van der Waals surface area contributed by atoms with Crippen LogP contribution in [0.5, 0.6) is 0 Å². The summed E-state index contributed by atoms with van der Waals surface area (Å²) in [6.07, 6.45) is 18.7. The number of hydrogen-bond acceptors (Lipinski definition) is 1. The maximum absolute atomic E-state index is 3.74. The second kappa shape index (κ2) is 11.8. The summed E-state index contributed by atoms with van der Waals surface area (Å²) in [5, 5.41) is 3.74. The topological polar surface area (TPSA) is 12.0 Å². The Morgan fingerprint density at radius 2 is 1.37 bits per heavy atom. The Bertz CT molecular complexity index is 190. The van der Waals surface area contributed by atoms with E-state index in [9.17, 15) is 0 Å². The van der Waals surface area contributed by atoms with Gasteiger partial charge in [0.05, 0.1) is 0 Å². The normalized spacial score (nSPS) is 23.1. The summed E-state index contributed by atoms with van der Waals surface area (Å²) >= 11 is 0. The number of nitrogens with one attached hydrogen (secondary N) is 1. The van der Waals surface area contributed by atoms with E-state index in [-0.39, 0.29) is 0 Å². The van der Waals surface area contributed by atoms with Gasteiger partial charge in [-0.1, -0.05) is 71.6 Å². The second-order valence-electron chi connectivity index (χ2n) is 6.75. The Kier molecular flexibility index (Phi) is 10.5. The summed E-state index contributed by atoms with van der Waals surface area (Å²) in [5.41, 5.74) is 0. The zero-order valence-electron chi connectivity index (χ0n) is 13.6. The van der Waals surface area contributed by atoms with Gasteiger partial charge in [0.15, 0.2) is 0 Å². The highest BCUT2D eigenvalue weighted by Crippen LogP contribution is 2.24. The SMILES string of the molecule is CCCCCCCCCCCCNC1CCC(C)C1. The minimum atomic E-state index is 0.841. The molecule has 114 valence electrons. The zero-order chi connectivity index (χ0) is 13.8. The fourth-order valence-electron chi connectivity index (χ4n) is 3.31. The maximum atomic E-state index is 3.74. The largest absolute Gasteiger partial charge is 0.314 e. The molecule has 2 atom stereocenters. The van der Waals surface area contributed by atoms with Crippen LogP contribution in [0.1, 0.15) is 97.3 Å². The molecule has 1 aliphatic rings. The Labute approximate surface area is 121 Å². The molecule has 0 aliphatic heterocycles. The fourth-order valence-corrected chi connectivity index (χ4v) is 3.31. The lowest BCUT2D eigenvalue weighted by Gasteiger charge is -2.11. The lowest BCUT2D eigenvalue weighted by atomic mass is 10.1. The lowest BCUT2D eigenvalue weighted by Crippen LogP contribution is -2.27. The molecule has 19 heavy (non-hydrogen) atoms. The predicted molar refractivity (Wildman–Crippen MR) is 86.6 cm³/mol. The van der Waals surface area contributed by atoms with Gasteiger partial charge in [-0.3, -0.25) is 0 Å². The first kappa shape index (κ1) is 17.0. The van der Waals surface area contributed by atoms with E-state index >= 15 is 0 Å². The van der Waals surface area contributed by atoms with E-state index in [0.29, 0.717) is 0 Å². The van der Waals surface area contributed by atoms with Crippen molar-refractivity contribution in [3.63, 3.8) is 0 Å². The van der Waals surface area contributed by atoms with Crippen LogP contribution in [0, 0.1) is 5.92 Å². The number of unbranched alkanes of at least 4 members (excludes halogenated alkanes) is 9. The minimum absolute atomic E-state index is 0.841. The molecule has 1 rings (SSSR count). The van der Waals surface area contributed by atoms with Crippen LogP contribution in [0.2, 0.25) is 0 Å². The van der Waals surface area contributed by atoms with Crippen LogP contribution >= 0.6 is 0 Å². The van der Waals surface area contributed by atoms with E-state index < -0.39 is 0 Å². The summed E-state index contributed by atoms with van der Waals surface area (Å²) in [5.74, 6) is 0.963. The molecule has 0 aromatic carbocycles. The first-order chi connectivity index (χ1) is 9.33. The van der Waals surface area contributed by atoms with E-state index in [2.05, 4.69) is 19.2 Å². The van der Waals surface area contributed by atoms with Gasteiger partial charge in [-0.25, -0.2) is 0 Å². The molecule has 0 saturated heterocycles. The standard InChI is InChI=1S/C18H37N/c1-3-4-5-6-7-8-9-10-11-12-15-19-18-14-13-17(2)16-18/h17-19H,3-16H2,1-2H3. The molecule has 1 nitrogen and oxygen atoms in total. The van der Waals surface area contributed by atoms with Crippen molar-refractivity contribution in [2.24, 2.45) is 5.92 Å². The van der Waals surface area contributed by atoms with E-state index in [4.69, 9.17) is 0 Å². The molecule has 0 aromatic heterocycles. The van der Waals surface area contributed by atoms with Crippen molar-refractivity contribution in [2.75, 3.05) is 6.54 Å². The third-order valence-electron chi connectivity index (χ3n) is 4.66. The maximum Gasteiger partial charge on any atom is 0.00696 e. The monoisotopic (exact) mass is 267 g/mol. The average Bonchev–Trinajstić information content (AvgIpc) is 2.82. The Balaban J connectivity index is 1.72.